The minimum Gasteiger partial charge on any atom is -0.348 e. The van der Waals surface area contributed by atoms with Gasteiger partial charge in [0.05, 0.1) is 22.5 Å². The van der Waals surface area contributed by atoms with Crippen LogP contribution in [0.2, 0.25) is 5.02 Å². The maximum absolute atomic E-state index is 13.4. The highest BCUT2D eigenvalue weighted by molar-refractivity contribution is 6.34. The van der Waals surface area contributed by atoms with E-state index in [1.165, 1.54) is 12.1 Å². The first-order chi connectivity index (χ1) is 16.5. The number of aromatic nitrogens is 2. The van der Waals surface area contributed by atoms with Crippen LogP contribution < -0.4 is 15.5 Å². The molecule has 4 rings (SSSR count). The van der Waals surface area contributed by atoms with E-state index in [1.54, 1.807) is 10.2 Å². The predicted molar refractivity (Wildman–Crippen MR) is 118 cm³/mol. The molecule has 2 aromatic rings. The van der Waals surface area contributed by atoms with Crippen molar-refractivity contribution in [2.75, 3.05) is 18.0 Å². The third kappa shape index (κ3) is 5.26. The van der Waals surface area contributed by atoms with Crippen molar-refractivity contribution in [3.8, 4) is 0 Å². The maximum atomic E-state index is 13.4. The average Bonchev–Trinajstić information content (AvgIpc) is 3.40. The highest BCUT2D eigenvalue weighted by Gasteiger charge is 2.49. The molecule has 8 nitrogen and oxygen atoms in total. The predicted octanol–water partition coefficient (Wildman–Crippen LogP) is 3.59. The number of halogens is 5. The fraction of sp³-hybridized carbons (Fsp3) is 0.455. The van der Waals surface area contributed by atoms with Crippen LogP contribution in [0.1, 0.15) is 53.1 Å². The highest BCUT2D eigenvalue weighted by atomic mass is 35.5. The number of H-pyrrole nitrogens is 1. The molecule has 35 heavy (non-hydrogen) atoms. The van der Waals surface area contributed by atoms with Crippen LogP contribution in [0.25, 0.3) is 0 Å². The number of carbonyl (C=O) groups excluding carboxylic acids is 3. The molecule has 1 spiro atoms. The Bertz CT molecular complexity index is 1140. The molecule has 3 N–H and O–H groups in total. The molecule has 0 atom stereocenters. The van der Waals surface area contributed by atoms with Gasteiger partial charge >= 0.3 is 6.18 Å². The van der Waals surface area contributed by atoms with Crippen LogP contribution in [-0.2, 0) is 4.79 Å². The van der Waals surface area contributed by atoms with Gasteiger partial charge in [-0.3, -0.25) is 14.4 Å². The van der Waals surface area contributed by atoms with Gasteiger partial charge in [-0.05, 0) is 50.3 Å². The Labute approximate surface area is 202 Å². The molecule has 0 bridgehead atoms. The molecule has 1 aromatic heterocycles. The summed E-state index contributed by atoms with van der Waals surface area (Å²) in [6.45, 7) is -1.09. The zero-order chi connectivity index (χ0) is 25.4. The Morgan fingerprint density at radius 3 is 2.57 bits per heavy atom. The molecule has 0 unspecified atom stereocenters. The third-order valence-corrected chi connectivity index (χ3v) is 6.82. The summed E-state index contributed by atoms with van der Waals surface area (Å²) >= 11 is 6.13. The lowest BCUT2D eigenvalue weighted by Crippen LogP contribution is -2.44. The van der Waals surface area contributed by atoms with Crippen LogP contribution in [0.15, 0.2) is 24.5 Å². The number of rotatable bonds is 5. The largest absolute Gasteiger partial charge is 0.405 e. The second-order valence-electron chi connectivity index (χ2n) is 8.75. The Balaban J connectivity index is 1.35. The number of alkyl halides is 3. The molecule has 1 saturated carbocycles. The van der Waals surface area contributed by atoms with Gasteiger partial charge in [-0.15, -0.1) is 0 Å². The number of nitrogens with zero attached hydrogens (tertiary/aromatic N) is 2. The first-order valence-corrected chi connectivity index (χ1v) is 11.3. The summed E-state index contributed by atoms with van der Waals surface area (Å²) in [4.78, 5) is 45.7. The van der Waals surface area contributed by atoms with Gasteiger partial charge in [0.25, 0.3) is 11.8 Å². The van der Waals surface area contributed by atoms with Gasteiger partial charge in [0, 0.05) is 12.6 Å². The first-order valence-electron chi connectivity index (χ1n) is 11.0. The lowest BCUT2D eigenvalue weighted by molar-refractivity contribution is -0.127. The van der Waals surface area contributed by atoms with E-state index in [9.17, 15) is 31.9 Å². The number of imidazole rings is 1. The summed E-state index contributed by atoms with van der Waals surface area (Å²) in [6.07, 6.45) is -0.948. The van der Waals surface area contributed by atoms with Gasteiger partial charge in [0.2, 0.25) is 5.91 Å². The number of hydrogen-bond acceptors (Lipinski definition) is 4. The van der Waals surface area contributed by atoms with E-state index in [4.69, 9.17) is 11.6 Å². The minimum atomic E-state index is -4.59. The van der Waals surface area contributed by atoms with Crippen LogP contribution in [-0.4, -0.2) is 53.0 Å². The normalized spacial score (nSPS) is 22.5. The van der Waals surface area contributed by atoms with Gasteiger partial charge in [-0.2, -0.15) is 13.2 Å². The lowest BCUT2D eigenvalue weighted by Gasteiger charge is -2.36. The van der Waals surface area contributed by atoms with Crippen LogP contribution in [0, 0.1) is 11.2 Å². The lowest BCUT2D eigenvalue weighted by atomic mass is 9.71. The van der Waals surface area contributed by atoms with Crippen molar-refractivity contribution >= 4 is 35.0 Å². The molecule has 1 saturated heterocycles. The zero-order valence-electron chi connectivity index (χ0n) is 18.3. The molecule has 3 amide bonds. The number of aromatic amines is 1. The van der Waals surface area contributed by atoms with Gasteiger partial charge in [0.15, 0.2) is 5.69 Å². The molecule has 2 heterocycles. The van der Waals surface area contributed by atoms with E-state index < -0.39 is 35.8 Å². The summed E-state index contributed by atoms with van der Waals surface area (Å²) in [5.41, 5.74) is -0.815. The summed E-state index contributed by atoms with van der Waals surface area (Å²) in [5.74, 6) is -2.37. The van der Waals surface area contributed by atoms with E-state index in [2.05, 4.69) is 15.3 Å². The SMILES string of the molecule is O=C(NC1CCC2(CC1)CCN(c1ccc(F)cc1Cl)C2=O)c1nc[nH]c1C(=O)NCC(F)(F)F. The summed E-state index contributed by atoms with van der Waals surface area (Å²) < 4.78 is 50.5. The van der Waals surface area contributed by atoms with E-state index >= 15 is 0 Å². The fourth-order valence-electron chi connectivity index (χ4n) is 4.69. The number of amides is 3. The number of nitrogens with one attached hydrogen (secondary N) is 3. The van der Waals surface area contributed by atoms with Crippen molar-refractivity contribution in [1.82, 2.24) is 20.6 Å². The average molecular weight is 516 g/mol. The van der Waals surface area contributed by atoms with Crippen LogP contribution in [0.3, 0.4) is 0 Å². The molecule has 2 fully saturated rings. The topological polar surface area (TPSA) is 107 Å². The quantitative estimate of drug-likeness (QED) is 0.529. The van der Waals surface area contributed by atoms with Crippen molar-refractivity contribution < 1.29 is 31.9 Å². The second kappa shape index (κ2) is 9.48. The molecule has 188 valence electrons. The molecule has 1 aromatic carbocycles. The molecular formula is C22H22ClF4N5O3. The molecule has 0 radical (unpaired) electrons. The van der Waals surface area contributed by atoms with E-state index in [0.29, 0.717) is 44.3 Å². The van der Waals surface area contributed by atoms with Gasteiger partial charge in [0.1, 0.15) is 18.1 Å². The summed E-state index contributed by atoms with van der Waals surface area (Å²) in [6, 6.07) is 3.59. The van der Waals surface area contributed by atoms with Crippen molar-refractivity contribution in [2.45, 2.75) is 44.3 Å². The van der Waals surface area contributed by atoms with Gasteiger partial charge in [-0.1, -0.05) is 11.6 Å². The minimum absolute atomic E-state index is 0.0910. The molecular weight excluding hydrogens is 494 g/mol. The summed E-state index contributed by atoms with van der Waals surface area (Å²) in [5, 5.41) is 4.61. The molecule has 1 aliphatic carbocycles. The zero-order valence-corrected chi connectivity index (χ0v) is 19.1. The Hall–Kier alpha value is -3.15. The Kier molecular flexibility index (Phi) is 6.76. The molecule has 13 heteroatoms. The van der Waals surface area contributed by atoms with E-state index in [1.807, 2.05) is 0 Å². The maximum Gasteiger partial charge on any atom is 0.405 e. The van der Waals surface area contributed by atoms with E-state index in [-0.39, 0.29) is 28.4 Å². The number of carbonyl (C=O) groups is 3. The molecule has 1 aliphatic heterocycles. The smallest absolute Gasteiger partial charge is 0.348 e. The van der Waals surface area contributed by atoms with Crippen molar-refractivity contribution in [2.24, 2.45) is 5.41 Å². The fourth-order valence-corrected chi connectivity index (χ4v) is 4.96. The van der Waals surface area contributed by atoms with Crippen molar-refractivity contribution in [3.63, 3.8) is 0 Å². The summed E-state index contributed by atoms with van der Waals surface area (Å²) in [7, 11) is 0. The van der Waals surface area contributed by atoms with Gasteiger partial charge in [-0.25, -0.2) is 9.37 Å². The van der Waals surface area contributed by atoms with Crippen LogP contribution in [0.5, 0.6) is 0 Å². The van der Waals surface area contributed by atoms with Crippen molar-refractivity contribution in [1.29, 1.82) is 0 Å². The number of anilines is 1. The monoisotopic (exact) mass is 515 g/mol. The standard InChI is InChI=1S/C22H22ClF4N5O3/c23-14-9-12(24)1-2-15(14)32-8-7-21(20(32)35)5-3-13(4-6-21)31-19(34)17-16(29-11-30-17)18(33)28-10-22(25,26)27/h1-2,9,11,13H,3-8,10H2,(H,28,33)(H,29,30)(H,31,34). The van der Waals surface area contributed by atoms with Gasteiger partial charge < -0.3 is 20.5 Å². The highest BCUT2D eigenvalue weighted by Crippen LogP contribution is 2.47. The number of benzene rings is 1. The molecule has 2 aliphatic rings. The van der Waals surface area contributed by atoms with Crippen LogP contribution in [0.4, 0.5) is 23.2 Å². The first kappa shape index (κ1) is 25.0. The Morgan fingerprint density at radius 2 is 1.91 bits per heavy atom. The second-order valence-corrected chi connectivity index (χ2v) is 9.16. The number of hydrogen-bond donors (Lipinski definition) is 3. The third-order valence-electron chi connectivity index (χ3n) is 6.52. The Morgan fingerprint density at radius 1 is 1.20 bits per heavy atom. The van der Waals surface area contributed by atoms with E-state index in [0.717, 1.165) is 12.4 Å². The van der Waals surface area contributed by atoms with Crippen molar-refractivity contribution in [3.05, 3.63) is 46.8 Å². The van der Waals surface area contributed by atoms with Crippen LogP contribution >= 0.6 is 11.6 Å².